The van der Waals surface area contributed by atoms with E-state index >= 15 is 0 Å². The van der Waals surface area contributed by atoms with Crippen LogP contribution in [-0.2, 0) is 16.6 Å². The van der Waals surface area contributed by atoms with Gasteiger partial charge in [-0.3, -0.25) is 4.90 Å². The molecular weight excluding hydrogens is 460 g/mol. The maximum absolute atomic E-state index is 13.7. The lowest BCUT2D eigenvalue weighted by Crippen LogP contribution is -2.49. The number of aliphatic hydroxyl groups is 1. The Labute approximate surface area is 210 Å². The summed E-state index contributed by atoms with van der Waals surface area (Å²) in [4.78, 5) is 2.40. The minimum Gasteiger partial charge on any atom is -0.487 e. The minimum atomic E-state index is -3.82. The van der Waals surface area contributed by atoms with Crippen LogP contribution in [0.1, 0.15) is 50.7 Å². The van der Waals surface area contributed by atoms with Gasteiger partial charge in [0.15, 0.2) is 0 Å². The van der Waals surface area contributed by atoms with E-state index in [4.69, 9.17) is 4.74 Å². The first-order valence-electron chi connectivity index (χ1n) is 12.6. The number of hydrogen-bond donors (Lipinski definition) is 1. The van der Waals surface area contributed by atoms with Crippen molar-refractivity contribution in [3.05, 3.63) is 65.7 Å². The number of benzene rings is 2. The van der Waals surface area contributed by atoms with E-state index < -0.39 is 16.1 Å². The van der Waals surface area contributed by atoms with Gasteiger partial charge >= 0.3 is 0 Å². The molecule has 0 fully saturated rings. The summed E-state index contributed by atoms with van der Waals surface area (Å²) in [6.45, 7) is 5.29. The topological polar surface area (TPSA) is 70.1 Å². The predicted molar refractivity (Wildman–Crippen MR) is 140 cm³/mol. The van der Waals surface area contributed by atoms with Gasteiger partial charge in [0.25, 0.3) is 0 Å². The number of rotatable bonds is 7. The summed E-state index contributed by atoms with van der Waals surface area (Å²) in [5, 5.41) is 9.85. The third kappa shape index (κ3) is 5.97. The number of allylic oxidation sites excluding steroid dienone is 2. The Kier molecular flexibility index (Phi) is 8.32. The third-order valence-corrected chi connectivity index (χ3v) is 9.14. The number of aliphatic hydroxyl groups excluding tert-OH is 1. The van der Waals surface area contributed by atoms with Crippen molar-refractivity contribution in [2.75, 3.05) is 26.7 Å². The average Bonchev–Trinajstić information content (AvgIpc) is 2.86. The van der Waals surface area contributed by atoms with Crippen LogP contribution in [0.15, 0.2) is 59.5 Å². The number of likely N-dealkylation sites (N-methyl/N-ethyl adjacent to an activating group) is 1. The quantitative estimate of drug-likeness (QED) is 0.607. The van der Waals surface area contributed by atoms with E-state index in [1.165, 1.54) is 21.9 Å². The molecule has 0 saturated heterocycles. The molecule has 1 N–H and O–H groups in total. The molecule has 0 radical (unpaired) electrons. The lowest BCUT2D eigenvalue weighted by Gasteiger charge is -2.37. The van der Waals surface area contributed by atoms with Gasteiger partial charge in [-0.05, 0) is 68.5 Å². The predicted octanol–water partition coefficient (Wildman–Crippen LogP) is 4.54. The van der Waals surface area contributed by atoms with E-state index in [1.807, 2.05) is 37.3 Å². The number of ether oxygens (including phenoxy) is 1. The van der Waals surface area contributed by atoms with Gasteiger partial charge in [-0.25, -0.2) is 8.42 Å². The van der Waals surface area contributed by atoms with Crippen molar-refractivity contribution in [1.29, 1.82) is 0 Å². The summed E-state index contributed by atoms with van der Waals surface area (Å²) in [7, 11) is -1.75. The van der Waals surface area contributed by atoms with Gasteiger partial charge in [0.2, 0.25) is 10.0 Å². The summed E-state index contributed by atoms with van der Waals surface area (Å²) < 4.78 is 35.4. The smallest absolute Gasteiger partial charge is 0.247 e. The van der Waals surface area contributed by atoms with Crippen LogP contribution >= 0.6 is 0 Å². The molecule has 0 saturated carbocycles. The number of nitrogens with zero attached hydrogens (tertiary/aromatic N) is 2. The van der Waals surface area contributed by atoms with Crippen LogP contribution in [0.5, 0.6) is 5.75 Å². The molecular formula is C28H38N2O4S. The number of sulfonamides is 1. The van der Waals surface area contributed by atoms with Gasteiger partial charge in [-0.2, -0.15) is 4.31 Å². The molecule has 1 aliphatic carbocycles. The first-order chi connectivity index (χ1) is 16.8. The van der Waals surface area contributed by atoms with Gasteiger partial charge in [0.05, 0.1) is 6.61 Å². The van der Waals surface area contributed by atoms with Gasteiger partial charge in [0, 0.05) is 31.6 Å². The zero-order valence-electron chi connectivity index (χ0n) is 21.1. The van der Waals surface area contributed by atoms with Crippen molar-refractivity contribution in [1.82, 2.24) is 9.21 Å². The lowest BCUT2D eigenvalue weighted by atomic mass is 9.93. The minimum absolute atomic E-state index is 0.0669. The van der Waals surface area contributed by atoms with Crippen LogP contribution in [0.4, 0.5) is 0 Å². The molecule has 190 valence electrons. The molecule has 6 nitrogen and oxygen atoms in total. The van der Waals surface area contributed by atoms with Gasteiger partial charge in [0.1, 0.15) is 16.7 Å². The number of hydrogen-bond acceptors (Lipinski definition) is 5. The first-order valence-corrected chi connectivity index (χ1v) is 14.1. The Morgan fingerprint density at radius 3 is 2.63 bits per heavy atom. The SMILES string of the molecule is C[C@@H]1CN([C@H](C)CO)S(=O)(=O)c2ccc(C3=CCCCC3)cc2O[C@@H]1CN(C)Cc1ccccc1. The standard InChI is InChI=1S/C28H38N2O4S/c1-21-17-30(22(2)20-31)35(32,33)28-15-14-25(24-12-8-5-9-13-24)16-26(28)34-27(21)19-29(3)18-23-10-6-4-7-11-23/h4,6-7,10-12,14-16,21-22,27,31H,5,8-9,13,17-20H2,1-3H3/t21-,22-,27-/m1/s1. The molecule has 35 heavy (non-hydrogen) atoms. The van der Waals surface area contributed by atoms with Gasteiger partial charge in [-0.1, -0.05) is 49.4 Å². The molecule has 2 aliphatic rings. The molecule has 2 aromatic rings. The summed E-state index contributed by atoms with van der Waals surface area (Å²) in [5.41, 5.74) is 3.51. The zero-order valence-corrected chi connectivity index (χ0v) is 21.9. The van der Waals surface area contributed by atoms with E-state index in [0.717, 1.165) is 31.4 Å². The van der Waals surface area contributed by atoms with Gasteiger partial charge in [-0.15, -0.1) is 0 Å². The fraction of sp³-hybridized carbons (Fsp3) is 0.500. The van der Waals surface area contributed by atoms with Crippen molar-refractivity contribution in [2.24, 2.45) is 5.92 Å². The second kappa shape index (κ2) is 11.2. The van der Waals surface area contributed by atoms with Crippen molar-refractivity contribution >= 4 is 15.6 Å². The van der Waals surface area contributed by atoms with Crippen LogP contribution in [0.3, 0.4) is 0 Å². The summed E-state index contributed by atoms with van der Waals surface area (Å²) in [6.07, 6.45) is 6.45. The summed E-state index contributed by atoms with van der Waals surface area (Å²) in [5.74, 6) is 0.344. The second-order valence-electron chi connectivity index (χ2n) is 10.1. The van der Waals surface area contributed by atoms with Crippen molar-refractivity contribution in [3.63, 3.8) is 0 Å². The highest BCUT2D eigenvalue weighted by Gasteiger charge is 2.38. The highest BCUT2D eigenvalue weighted by molar-refractivity contribution is 7.89. The first kappa shape index (κ1) is 25.9. The van der Waals surface area contributed by atoms with E-state index in [2.05, 4.69) is 30.2 Å². The molecule has 7 heteroatoms. The van der Waals surface area contributed by atoms with E-state index in [0.29, 0.717) is 18.8 Å². The monoisotopic (exact) mass is 498 g/mol. The summed E-state index contributed by atoms with van der Waals surface area (Å²) in [6, 6.07) is 15.3. The normalized spacial score (nSPS) is 23.5. The molecule has 3 atom stereocenters. The van der Waals surface area contributed by atoms with Gasteiger partial charge < -0.3 is 9.84 Å². The highest BCUT2D eigenvalue weighted by atomic mass is 32.2. The zero-order chi connectivity index (χ0) is 25.0. The second-order valence-corrected chi connectivity index (χ2v) is 11.9. The molecule has 0 aromatic heterocycles. The molecule has 0 spiro atoms. The lowest BCUT2D eigenvalue weighted by molar-refractivity contribution is 0.0733. The molecule has 1 aliphatic heterocycles. The molecule has 2 aromatic carbocycles. The van der Waals surface area contributed by atoms with Crippen molar-refractivity contribution in [3.8, 4) is 5.75 Å². The Balaban J connectivity index is 1.69. The van der Waals surface area contributed by atoms with E-state index in [1.54, 1.807) is 13.0 Å². The molecule has 1 heterocycles. The van der Waals surface area contributed by atoms with E-state index in [-0.39, 0.29) is 23.5 Å². The fourth-order valence-electron chi connectivity index (χ4n) is 5.01. The number of fused-ring (bicyclic) bond motifs is 1. The Morgan fingerprint density at radius 1 is 1.17 bits per heavy atom. The Bertz CT molecular complexity index is 1130. The van der Waals surface area contributed by atoms with Crippen LogP contribution in [-0.4, -0.2) is 61.6 Å². The molecule has 4 rings (SSSR count). The molecule has 0 unspecified atom stereocenters. The highest BCUT2D eigenvalue weighted by Crippen LogP contribution is 2.37. The fourth-order valence-corrected chi connectivity index (χ4v) is 6.84. The third-order valence-electron chi connectivity index (χ3n) is 7.12. The molecule has 0 amide bonds. The van der Waals surface area contributed by atoms with Crippen molar-refractivity contribution in [2.45, 2.75) is 63.1 Å². The largest absolute Gasteiger partial charge is 0.487 e. The maximum Gasteiger partial charge on any atom is 0.247 e. The average molecular weight is 499 g/mol. The van der Waals surface area contributed by atoms with Crippen LogP contribution in [0.25, 0.3) is 5.57 Å². The maximum atomic E-state index is 13.7. The van der Waals surface area contributed by atoms with Crippen LogP contribution in [0, 0.1) is 5.92 Å². The summed E-state index contributed by atoms with van der Waals surface area (Å²) >= 11 is 0. The van der Waals surface area contributed by atoms with Crippen LogP contribution < -0.4 is 4.74 Å². The van der Waals surface area contributed by atoms with Crippen LogP contribution in [0.2, 0.25) is 0 Å². The Morgan fingerprint density at radius 2 is 1.94 bits per heavy atom. The Hall–Kier alpha value is -2.19. The molecule has 0 bridgehead atoms. The van der Waals surface area contributed by atoms with E-state index in [9.17, 15) is 13.5 Å². The van der Waals surface area contributed by atoms with Crippen molar-refractivity contribution < 1.29 is 18.3 Å².